The molecule has 24 heavy (non-hydrogen) atoms. The van der Waals surface area contributed by atoms with E-state index in [1.165, 1.54) is 5.39 Å². The van der Waals surface area contributed by atoms with Gasteiger partial charge in [-0.3, -0.25) is 0 Å². The van der Waals surface area contributed by atoms with Crippen molar-refractivity contribution in [3.8, 4) is 5.75 Å². The maximum absolute atomic E-state index is 11.0. The van der Waals surface area contributed by atoms with Gasteiger partial charge in [0.25, 0.3) is 0 Å². The summed E-state index contributed by atoms with van der Waals surface area (Å²) in [6, 6.07) is 19.2. The largest absolute Gasteiger partial charge is 0.488 e. The molecule has 0 atom stereocenters. The second-order valence-corrected chi connectivity index (χ2v) is 6.57. The average Bonchev–Trinajstić information content (AvgIpc) is 2.59. The van der Waals surface area contributed by atoms with E-state index in [1.807, 2.05) is 18.2 Å². The molecule has 0 fully saturated rings. The maximum atomic E-state index is 11.0. The molecule has 0 saturated carbocycles. The van der Waals surface area contributed by atoms with Crippen LogP contribution in [0.2, 0.25) is 0 Å². The van der Waals surface area contributed by atoms with Crippen molar-refractivity contribution in [1.82, 2.24) is 0 Å². The molecule has 0 amide bonds. The number of aromatic carboxylic acids is 1. The quantitative estimate of drug-likeness (QED) is 0.564. The molecule has 1 N–H and O–H groups in total. The topological polar surface area (TPSA) is 46.5 Å². The van der Waals surface area contributed by atoms with Crippen LogP contribution in [0.5, 0.6) is 5.75 Å². The molecule has 0 spiro atoms. The Balaban J connectivity index is 1.73. The van der Waals surface area contributed by atoms with Gasteiger partial charge in [-0.25, -0.2) is 4.79 Å². The summed E-state index contributed by atoms with van der Waals surface area (Å²) in [4.78, 5) is 11.0. The minimum Gasteiger partial charge on any atom is -0.488 e. The van der Waals surface area contributed by atoms with Gasteiger partial charge in [0, 0.05) is 0 Å². The SMILES string of the molecule is C=C(COc1ccc(C(=O)O)cc1I)c1ccc2ccccc2c1. The smallest absolute Gasteiger partial charge is 0.335 e. The first kappa shape index (κ1) is 16.5. The first-order valence-corrected chi connectivity index (χ1v) is 8.45. The number of hydrogen-bond acceptors (Lipinski definition) is 2. The molecule has 3 rings (SSSR count). The van der Waals surface area contributed by atoms with Crippen LogP contribution < -0.4 is 4.74 Å². The first-order chi connectivity index (χ1) is 11.5. The summed E-state index contributed by atoms with van der Waals surface area (Å²) < 4.78 is 6.56. The standard InChI is InChI=1S/C20H15IO3/c1-13(15-7-6-14-4-2-3-5-16(14)10-15)12-24-19-9-8-17(20(22)23)11-18(19)21/h2-11H,1,12H2,(H,22,23). The summed E-state index contributed by atoms with van der Waals surface area (Å²) in [5.41, 5.74) is 2.16. The number of rotatable bonds is 5. The Morgan fingerprint density at radius 3 is 2.42 bits per heavy atom. The van der Waals surface area contributed by atoms with Gasteiger partial charge in [0.2, 0.25) is 0 Å². The maximum Gasteiger partial charge on any atom is 0.335 e. The molecular weight excluding hydrogens is 415 g/mol. The lowest BCUT2D eigenvalue weighted by molar-refractivity contribution is 0.0696. The predicted octanol–water partition coefficient (Wildman–Crippen LogP) is 5.23. The summed E-state index contributed by atoms with van der Waals surface area (Å²) in [6.45, 7) is 4.45. The average molecular weight is 430 g/mol. The summed E-state index contributed by atoms with van der Waals surface area (Å²) in [7, 11) is 0. The van der Waals surface area contributed by atoms with E-state index in [1.54, 1.807) is 18.2 Å². The van der Waals surface area contributed by atoms with E-state index in [9.17, 15) is 4.79 Å². The Kier molecular flexibility index (Phi) is 4.85. The molecule has 0 aromatic heterocycles. The second kappa shape index (κ2) is 7.05. The zero-order valence-corrected chi connectivity index (χ0v) is 15.0. The molecule has 0 aliphatic carbocycles. The fraction of sp³-hybridized carbons (Fsp3) is 0.0500. The van der Waals surface area contributed by atoms with Gasteiger partial charge in [0.1, 0.15) is 12.4 Å². The number of ether oxygens (including phenoxy) is 1. The van der Waals surface area contributed by atoms with E-state index < -0.39 is 5.97 Å². The molecule has 120 valence electrons. The Hall–Kier alpha value is -2.34. The minimum absolute atomic E-state index is 0.250. The Bertz CT molecular complexity index is 931. The van der Waals surface area contributed by atoms with Crippen LogP contribution in [0.15, 0.2) is 67.2 Å². The van der Waals surface area contributed by atoms with Crippen LogP contribution in [0.4, 0.5) is 0 Å². The summed E-state index contributed by atoms with van der Waals surface area (Å²) in [6.07, 6.45) is 0. The number of benzene rings is 3. The lowest BCUT2D eigenvalue weighted by Crippen LogP contribution is -2.03. The molecule has 0 saturated heterocycles. The Labute approximate surface area is 153 Å². The Morgan fingerprint density at radius 2 is 1.71 bits per heavy atom. The highest BCUT2D eigenvalue weighted by Gasteiger charge is 2.08. The third-order valence-corrected chi connectivity index (χ3v) is 4.58. The fourth-order valence-electron chi connectivity index (χ4n) is 2.41. The summed E-state index contributed by atoms with van der Waals surface area (Å²) >= 11 is 2.07. The molecule has 0 unspecified atom stereocenters. The lowest BCUT2D eigenvalue weighted by Gasteiger charge is -2.11. The van der Waals surface area contributed by atoms with Gasteiger partial charge in [-0.15, -0.1) is 0 Å². The van der Waals surface area contributed by atoms with E-state index in [-0.39, 0.29) is 5.56 Å². The van der Waals surface area contributed by atoms with Crippen molar-refractivity contribution in [2.45, 2.75) is 0 Å². The number of fused-ring (bicyclic) bond motifs is 1. The van der Waals surface area contributed by atoms with E-state index >= 15 is 0 Å². The van der Waals surface area contributed by atoms with Gasteiger partial charge in [-0.2, -0.15) is 0 Å². The number of carboxylic acids is 1. The zero-order valence-electron chi connectivity index (χ0n) is 12.8. The molecule has 3 aromatic carbocycles. The van der Waals surface area contributed by atoms with Crippen LogP contribution in [0.3, 0.4) is 0 Å². The highest BCUT2D eigenvalue weighted by atomic mass is 127. The molecular formula is C20H15IO3. The third kappa shape index (κ3) is 3.59. The van der Waals surface area contributed by atoms with Crippen molar-refractivity contribution in [3.05, 3.63) is 81.9 Å². The van der Waals surface area contributed by atoms with E-state index in [2.05, 4.69) is 53.4 Å². The highest BCUT2D eigenvalue weighted by molar-refractivity contribution is 14.1. The van der Waals surface area contributed by atoms with E-state index in [0.717, 1.165) is 20.1 Å². The number of hydrogen-bond donors (Lipinski definition) is 1. The number of carbonyl (C=O) groups is 1. The molecule has 3 nitrogen and oxygen atoms in total. The molecule has 0 aliphatic rings. The second-order valence-electron chi connectivity index (χ2n) is 5.40. The van der Waals surface area contributed by atoms with Crippen LogP contribution in [-0.2, 0) is 0 Å². The lowest BCUT2D eigenvalue weighted by atomic mass is 10.0. The fourth-order valence-corrected chi connectivity index (χ4v) is 3.08. The third-order valence-electron chi connectivity index (χ3n) is 3.74. The van der Waals surface area contributed by atoms with Gasteiger partial charge >= 0.3 is 5.97 Å². The van der Waals surface area contributed by atoms with Gasteiger partial charge in [0.15, 0.2) is 0 Å². The molecule has 0 aliphatic heterocycles. The molecule has 0 radical (unpaired) electrons. The van der Waals surface area contributed by atoms with Crippen molar-refractivity contribution >= 4 is 44.9 Å². The van der Waals surface area contributed by atoms with Gasteiger partial charge in [0.05, 0.1) is 9.13 Å². The minimum atomic E-state index is -0.944. The number of halogens is 1. The molecule has 3 aromatic rings. The van der Waals surface area contributed by atoms with Crippen LogP contribution in [0.1, 0.15) is 15.9 Å². The van der Waals surface area contributed by atoms with Crippen molar-refractivity contribution in [3.63, 3.8) is 0 Å². The van der Waals surface area contributed by atoms with Crippen LogP contribution in [-0.4, -0.2) is 17.7 Å². The molecule has 4 heteroatoms. The van der Waals surface area contributed by atoms with Gasteiger partial charge < -0.3 is 9.84 Å². The first-order valence-electron chi connectivity index (χ1n) is 7.37. The Morgan fingerprint density at radius 1 is 1.00 bits per heavy atom. The summed E-state index contributed by atoms with van der Waals surface area (Å²) in [5.74, 6) is -0.289. The summed E-state index contributed by atoms with van der Waals surface area (Å²) in [5, 5.41) is 11.3. The predicted molar refractivity (Wildman–Crippen MR) is 105 cm³/mol. The van der Waals surface area contributed by atoms with Crippen molar-refractivity contribution in [1.29, 1.82) is 0 Å². The van der Waals surface area contributed by atoms with Crippen molar-refractivity contribution in [2.75, 3.05) is 6.61 Å². The van der Waals surface area contributed by atoms with E-state index in [0.29, 0.717) is 12.4 Å². The van der Waals surface area contributed by atoms with Gasteiger partial charge in [-0.1, -0.05) is 43.0 Å². The van der Waals surface area contributed by atoms with Crippen molar-refractivity contribution < 1.29 is 14.6 Å². The van der Waals surface area contributed by atoms with Crippen LogP contribution in [0, 0.1) is 3.57 Å². The van der Waals surface area contributed by atoms with E-state index in [4.69, 9.17) is 9.84 Å². The molecule has 0 heterocycles. The molecule has 0 bridgehead atoms. The number of carboxylic acid groups (broad SMARTS) is 1. The van der Waals surface area contributed by atoms with Crippen LogP contribution >= 0.6 is 22.6 Å². The normalized spacial score (nSPS) is 10.5. The van der Waals surface area contributed by atoms with Crippen LogP contribution in [0.25, 0.3) is 16.3 Å². The van der Waals surface area contributed by atoms with Crippen molar-refractivity contribution in [2.24, 2.45) is 0 Å². The highest BCUT2D eigenvalue weighted by Crippen LogP contribution is 2.25. The zero-order chi connectivity index (χ0) is 17.1. The monoisotopic (exact) mass is 430 g/mol. The van der Waals surface area contributed by atoms with Gasteiger partial charge in [-0.05, 0) is 68.8 Å².